The Morgan fingerprint density at radius 3 is 2.48 bits per heavy atom. The zero-order valence-corrected chi connectivity index (χ0v) is 15.2. The lowest BCUT2D eigenvalue weighted by atomic mass is 10.3. The van der Waals surface area contributed by atoms with Gasteiger partial charge in [0.15, 0.2) is 0 Å². The Morgan fingerprint density at radius 1 is 1.14 bits per heavy atom. The number of anilines is 2. The van der Waals surface area contributed by atoms with Crippen LogP contribution in [0.15, 0.2) is 56.3 Å². The highest BCUT2D eigenvalue weighted by atomic mass is 79.9. The third-order valence-corrected chi connectivity index (χ3v) is 6.30. The lowest BCUT2D eigenvalue weighted by Crippen LogP contribution is -2.31. The molecule has 0 bridgehead atoms. The summed E-state index contributed by atoms with van der Waals surface area (Å²) in [4.78, 5) is 0.209. The van der Waals surface area contributed by atoms with Crippen LogP contribution in [0.2, 0.25) is 0 Å². The van der Waals surface area contributed by atoms with Gasteiger partial charge in [0.2, 0.25) is 0 Å². The van der Waals surface area contributed by atoms with Gasteiger partial charge in [0.1, 0.15) is 4.90 Å². The van der Waals surface area contributed by atoms with Crippen LogP contribution in [0.4, 0.5) is 11.4 Å². The number of halogens is 2. The molecule has 0 amide bonds. The Kier molecular flexibility index (Phi) is 4.95. The minimum Gasteiger partial charge on any atom is -0.399 e. The maximum absolute atomic E-state index is 12.9. The highest BCUT2D eigenvalue weighted by Crippen LogP contribution is 2.31. The molecule has 0 aliphatic carbocycles. The predicted octanol–water partition coefficient (Wildman–Crippen LogP) is 4.01. The van der Waals surface area contributed by atoms with Crippen LogP contribution in [0.25, 0.3) is 0 Å². The van der Waals surface area contributed by atoms with Gasteiger partial charge in [0.25, 0.3) is 10.0 Å². The van der Waals surface area contributed by atoms with Gasteiger partial charge in [-0.3, -0.25) is 4.31 Å². The van der Waals surface area contributed by atoms with Crippen molar-refractivity contribution in [2.45, 2.75) is 11.8 Å². The van der Waals surface area contributed by atoms with Gasteiger partial charge >= 0.3 is 0 Å². The van der Waals surface area contributed by atoms with Crippen LogP contribution in [-0.2, 0) is 10.0 Å². The molecule has 7 heteroatoms. The van der Waals surface area contributed by atoms with Crippen LogP contribution in [0.1, 0.15) is 6.92 Å². The molecule has 0 spiro atoms. The predicted molar refractivity (Wildman–Crippen MR) is 92.9 cm³/mol. The summed E-state index contributed by atoms with van der Waals surface area (Å²) in [6.45, 7) is 2.09. The van der Waals surface area contributed by atoms with Gasteiger partial charge in [-0.05, 0) is 59.3 Å². The van der Waals surface area contributed by atoms with Crippen LogP contribution < -0.4 is 10.0 Å². The summed E-state index contributed by atoms with van der Waals surface area (Å²) in [5.41, 5.74) is 6.82. The summed E-state index contributed by atoms with van der Waals surface area (Å²) < 4.78 is 28.3. The minimum atomic E-state index is -3.67. The number of benzene rings is 2. The molecule has 112 valence electrons. The molecule has 0 heterocycles. The van der Waals surface area contributed by atoms with Gasteiger partial charge in [-0.15, -0.1) is 0 Å². The summed E-state index contributed by atoms with van der Waals surface area (Å²) in [5, 5.41) is 0. The molecule has 21 heavy (non-hydrogen) atoms. The zero-order valence-electron chi connectivity index (χ0n) is 11.3. The average Bonchev–Trinajstić information content (AvgIpc) is 2.42. The number of hydrogen-bond donors (Lipinski definition) is 1. The molecule has 0 aliphatic heterocycles. The monoisotopic (exact) mass is 432 g/mol. The second kappa shape index (κ2) is 6.37. The zero-order chi connectivity index (χ0) is 15.6. The van der Waals surface area contributed by atoms with Crippen LogP contribution >= 0.6 is 31.9 Å². The van der Waals surface area contributed by atoms with Gasteiger partial charge in [0.05, 0.1) is 5.69 Å². The summed E-state index contributed by atoms with van der Waals surface area (Å²) in [7, 11) is -3.67. The van der Waals surface area contributed by atoms with E-state index in [-0.39, 0.29) is 4.90 Å². The molecule has 2 aromatic carbocycles. The molecule has 0 aromatic heterocycles. The normalized spacial score (nSPS) is 11.4. The highest BCUT2D eigenvalue weighted by molar-refractivity contribution is 9.11. The van der Waals surface area contributed by atoms with E-state index in [2.05, 4.69) is 31.9 Å². The van der Waals surface area contributed by atoms with E-state index < -0.39 is 10.0 Å². The smallest absolute Gasteiger partial charge is 0.265 e. The SMILES string of the molecule is CCN(c1cccc(N)c1)S(=O)(=O)c1cc(Br)ccc1Br. The summed E-state index contributed by atoms with van der Waals surface area (Å²) >= 11 is 6.60. The number of nitrogens with zero attached hydrogens (tertiary/aromatic N) is 1. The second-order valence-corrected chi connectivity index (χ2v) is 7.94. The van der Waals surface area contributed by atoms with Gasteiger partial charge in [-0.2, -0.15) is 0 Å². The first-order valence-electron chi connectivity index (χ1n) is 6.19. The number of sulfonamides is 1. The Balaban J connectivity index is 2.57. The summed E-state index contributed by atoms with van der Waals surface area (Å²) in [6.07, 6.45) is 0. The molecule has 0 aliphatic rings. The largest absolute Gasteiger partial charge is 0.399 e. The number of rotatable bonds is 4. The number of nitrogens with two attached hydrogens (primary N) is 1. The lowest BCUT2D eigenvalue weighted by Gasteiger charge is -2.24. The molecule has 0 unspecified atom stereocenters. The second-order valence-electron chi connectivity index (χ2n) is 4.34. The van der Waals surface area contributed by atoms with Gasteiger partial charge in [-0.25, -0.2) is 8.42 Å². The molecule has 0 saturated heterocycles. The standard InChI is InChI=1S/C14H14Br2N2O2S/c1-2-18(12-5-3-4-11(17)9-12)21(19,20)14-8-10(15)6-7-13(14)16/h3-9H,2,17H2,1H3. The Morgan fingerprint density at radius 2 is 1.86 bits per heavy atom. The highest BCUT2D eigenvalue weighted by Gasteiger charge is 2.26. The van der Waals surface area contributed by atoms with Crippen molar-refractivity contribution in [3.63, 3.8) is 0 Å². The molecular formula is C14H14Br2N2O2S. The Labute approximate surface area is 141 Å². The van der Waals surface area contributed by atoms with Crippen molar-refractivity contribution in [2.75, 3.05) is 16.6 Å². The molecule has 0 atom stereocenters. The van der Waals surface area contributed by atoms with Crippen LogP contribution in [-0.4, -0.2) is 15.0 Å². The van der Waals surface area contributed by atoms with Gasteiger partial charge in [-0.1, -0.05) is 22.0 Å². The number of hydrogen-bond acceptors (Lipinski definition) is 3. The van der Waals surface area contributed by atoms with Crippen LogP contribution in [0, 0.1) is 0 Å². The van der Waals surface area contributed by atoms with Crippen LogP contribution in [0.3, 0.4) is 0 Å². The van der Waals surface area contributed by atoms with Gasteiger partial charge in [0, 0.05) is 21.2 Å². The topological polar surface area (TPSA) is 63.4 Å². The van der Waals surface area contributed by atoms with Gasteiger partial charge < -0.3 is 5.73 Å². The molecule has 2 aromatic rings. The van der Waals surface area contributed by atoms with Crippen molar-refractivity contribution in [1.29, 1.82) is 0 Å². The molecule has 0 radical (unpaired) electrons. The van der Waals surface area contributed by atoms with Crippen molar-refractivity contribution in [2.24, 2.45) is 0 Å². The average molecular weight is 434 g/mol. The summed E-state index contributed by atoms with van der Waals surface area (Å²) in [5.74, 6) is 0. The third kappa shape index (κ3) is 3.41. The molecular weight excluding hydrogens is 420 g/mol. The molecule has 2 N–H and O–H groups in total. The van der Waals surface area contributed by atoms with E-state index in [1.54, 1.807) is 49.4 Å². The fourth-order valence-corrected chi connectivity index (χ4v) is 4.90. The quantitative estimate of drug-likeness (QED) is 0.740. The van der Waals surface area contributed by atoms with Crippen LogP contribution in [0.5, 0.6) is 0 Å². The van der Waals surface area contributed by atoms with E-state index in [1.807, 2.05) is 0 Å². The van der Waals surface area contributed by atoms with E-state index in [4.69, 9.17) is 5.73 Å². The molecule has 2 rings (SSSR count). The number of nitrogen functional groups attached to an aromatic ring is 1. The van der Waals surface area contributed by atoms with E-state index >= 15 is 0 Å². The fraction of sp³-hybridized carbons (Fsp3) is 0.143. The maximum atomic E-state index is 12.9. The van der Waals surface area contributed by atoms with E-state index in [9.17, 15) is 8.42 Å². The van der Waals surface area contributed by atoms with Crippen molar-refractivity contribution < 1.29 is 8.42 Å². The van der Waals surface area contributed by atoms with Crippen molar-refractivity contribution in [1.82, 2.24) is 0 Å². The third-order valence-electron chi connectivity index (χ3n) is 2.91. The van der Waals surface area contributed by atoms with E-state index in [0.717, 1.165) is 0 Å². The first kappa shape index (κ1) is 16.3. The maximum Gasteiger partial charge on any atom is 0.265 e. The lowest BCUT2D eigenvalue weighted by molar-refractivity contribution is 0.591. The Hall–Kier alpha value is -1.05. The fourth-order valence-electron chi connectivity index (χ4n) is 1.96. The van der Waals surface area contributed by atoms with Crippen molar-refractivity contribution in [3.8, 4) is 0 Å². The van der Waals surface area contributed by atoms with E-state index in [0.29, 0.717) is 26.9 Å². The first-order valence-corrected chi connectivity index (χ1v) is 9.22. The van der Waals surface area contributed by atoms with E-state index in [1.165, 1.54) is 4.31 Å². The Bertz CT molecular complexity index is 763. The van der Waals surface area contributed by atoms with Crippen molar-refractivity contribution in [3.05, 3.63) is 51.4 Å². The minimum absolute atomic E-state index is 0.209. The summed E-state index contributed by atoms with van der Waals surface area (Å²) in [6, 6.07) is 11.9. The first-order chi connectivity index (χ1) is 9.86. The molecule has 0 fully saturated rings. The molecule has 4 nitrogen and oxygen atoms in total. The van der Waals surface area contributed by atoms with Crippen molar-refractivity contribution >= 4 is 53.3 Å². The molecule has 0 saturated carbocycles.